The Balaban J connectivity index is 1.39. The number of hydrogen-bond donors (Lipinski definition) is 5. The molecule has 9 heteroatoms. The van der Waals surface area contributed by atoms with Gasteiger partial charge in [-0.2, -0.15) is 0 Å². The van der Waals surface area contributed by atoms with Gasteiger partial charge < -0.3 is 21.5 Å². The summed E-state index contributed by atoms with van der Waals surface area (Å²) in [5.74, 6) is 0.620. The Hall–Kier alpha value is -4.37. The number of aliphatic hydroxyl groups excluding tert-OH is 1. The molecule has 0 bridgehead atoms. The van der Waals surface area contributed by atoms with Gasteiger partial charge >= 0.3 is 0 Å². The number of carbonyl (C=O) groups excluding carboxylic acids is 1. The second kappa shape index (κ2) is 12.0. The number of nitrogen functional groups attached to an aromatic ring is 1. The van der Waals surface area contributed by atoms with Crippen LogP contribution < -0.4 is 16.4 Å². The van der Waals surface area contributed by atoms with E-state index >= 15 is 0 Å². The number of benzene rings is 2. The highest BCUT2D eigenvalue weighted by Gasteiger charge is 2.25. The van der Waals surface area contributed by atoms with Gasteiger partial charge in [0.1, 0.15) is 18.0 Å². The Morgan fingerprint density at radius 2 is 1.97 bits per heavy atom. The molecule has 0 saturated heterocycles. The largest absolute Gasteiger partial charge is 0.393 e. The summed E-state index contributed by atoms with van der Waals surface area (Å²) in [7, 11) is 0. The van der Waals surface area contributed by atoms with Gasteiger partial charge in [-0.25, -0.2) is 9.97 Å². The Morgan fingerprint density at radius 1 is 1.19 bits per heavy atom. The van der Waals surface area contributed by atoms with Crippen molar-refractivity contribution in [1.29, 1.82) is 5.41 Å². The van der Waals surface area contributed by atoms with E-state index in [0.29, 0.717) is 29.9 Å². The van der Waals surface area contributed by atoms with Crippen LogP contribution in [0.2, 0.25) is 0 Å². The number of hydrogen-bond acceptors (Lipinski definition) is 8. The summed E-state index contributed by atoms with van der Waals surface area (Å²) in [5, 5.41) is 24.9. The summed E-state index contributed by atoms with van der Waals surface area (Å²) in [6.45, 7) is 3.81. The molecule has 1 fully saturated rings. The van der Waals surface area contributed by atoms with Crippen LogP contribution in [0.4, 0.5) is 11.6 Å². The van der Waals surface area contributed by atoms with Crippen molar-refractivity contribution < 1.29 is 9.90 Å². The van der Waals surface area contributed by atoms with Gasteiger partial charge in [0.2, 0.25) is 5.91 Å². The Labute approximate surface area is 216 Å². The van der Waals surface area contributed by atoms with Crippen molar-refractivity contribution in [3.05, 3.63) is 88.9 Å². The van der Waals surface area contributed by atoms with Crippen LogP contribution in [-0.4, -0.2) is 45.6 Å². The molecule has 0 radical (unpaired) electrons. The van der Waals surface area contributed by atoms with E-state index < -0.39 is 0 Å². The fourth-order valence-electron chi connectivity index (χ4n) is 4.40. The smallest absolute Gasteiger partial charge is 0.224 e. The number of nitrogens with one attached hydrogen (secondary N) is 3. The topological polar surface area (TPSA) is 149 Å². The van der Waals surface area contributed by atoms with Crippen LogP contribution in [0.5, 0.6) is 0 Å². The number of nitrogens with two attached hydrogens (primary N) is 1. The number of carbonyl (C=O) groups is 1. The highest BCUT2D eigenvalue weighted by atomic mass is 16.3. The Bertz CT molecular complexity index is 1300. The molecule has 2 aromatic carbocycles. The number of anilines is 2. The number of aromatic nitrogens is 2. The quantitative estimate of drug-likeness (QED) is 0.271. The van der Waals surface area contributed by atoms with Gasteiger partial charge in [0.05, 0.1) is 23.8 Å². The average Bonchev–Trinajstić information content (AvgIpc) is 3.31. The zero-order valence-electron chi connectivity index (χ0n) is 20.5. The van der Waals surface area contributed by atoms with Crippen LogP contribution >= 0.6 is 0 Å². The van der Waals surface area contributed by atoms with Gasteiger partial charge in [-0.3, -0.25) is 15.2 Å². The minimum atomic E-state index is -0.325. The molecule has 1 aliphatic rings. The van der Waals surface area contributed by atoms with E-state index in [9.17, 15) is 9.90 Å². The Kier molecular flexibility index (Phi) is 8.37. The van der Waals surface area contributed by atoms with Crippen LogP contribution in [0.15, 0.2) is 66.1 Å². The first-order valence-electron chi connectivity index (χ1n) is 12.1. The molecule has 9 nitrogen and oxygen atoms in total. The average molecular weight is 498 g/mol. The summed E-state index contributed by atoms with van der Waals surface area (Å²) < 4.78 is 0. The van der Waals surface area contributed by atoms with Gasteiger partial charge in [0, 0.05) is 24.4 Å². The summed E-state index contributed by atoms with van der Waals surface area (Å²) in [5.41, 5.74) is 10.2. The normalized spacial score (nSPS) is 17.0. The minimum absolute atomic E-state index is 0.0727. The first kappa shape index (κ1) is 25.7. The van der Waals surface area contributed by atoms with Gasteiger partial charge in [-0.05, 0) is 48.7 Å². The van der Waals surface area contributed by atoms with E-state index in [-0.39, 0.29) is 36.0 Å². The van der Waals surface area contributed by atoms with Crippen molar-refractivity contribution in [2.24, 2.45) is 4.99 Å². The van der Waals surface area contributed by atoms with Gasteiger partial charge in [-0.15, -0.1) is 0 Å². The van der Waals surface area contributed by atoms with E-state index in [0.717, 1.165) is 29.5 Å². The van der Waals surface area contributed by atoms with Crippen molar-refractivity contribution in [1.82, 2.24) is 15.3 Å². The molecular weight excluding hydrogens is 466 g/mol. The molecule has 0 spiro atoms. The predicted molar refractivity (Wildman–Crippen MR) is 147 cm³/mol. The summed E-state index contributed by atoms with van der Waals surface area (Å²) in [6.07, 6.45) is 6.92. The van der Waals surface area contributed by atoms with Gasteiger partial charge in [-0.1, -0.05) is 48.5 Å². The maximum atomic E-state index is 12.6. The lowest BCUT2D eigenvalue weighted by Gasteiger charge is -2.17. The third kappa shape index (κ3) is 6.65. The van der Waals surface area contributed by atoms with E-state index in [1.54, 1.807) is 6.20 Å². The zero-order valence-corrected chi connectivity index (χ0v) is 20.5. The van der Waals surface area contributed by atoms with Gasteiger partial charge in [0.15, 0.2) is 0 Å². The van der Waals surface area contributed by atoms with Crippen molar-refractivity contribution in [3.8, 4) is 0 Å². The minimum Gasteiger partial charge on any atom is -0.393 e. The molecule has 4 rings (SSSR count). The standard InChI is InChI=1S/C28H31N7O2/c1-31-13-12-19-4-2-3-5-21(19)14-24(37)32-16-18-6-8-20(9-7-18)26(29)25-27(30)33-17-34-28(25)35-22-10-11-23(36)15-22/h2-9,12-13,17,22-23,29,36H,1,10-11,14-16H2,(H,32,37)(H3,30,33,34,35)/b13-12-,29-26?. The number of amides is 1. The summed E-state index contributed by atoms with van der Waals surface area (Å²) >= 11 is 0. The molecule has 1 saturated carbocycles. The number of aliphatic imine (C=N–C) groups is 1. The lowest BCUT2D eigenvalue weighted by Crippen LogP contribution is -2.24. The second-order valence-electron chi connectivity index (χ2n) is 9.01. The van der Waals surface area contributed by atoms with Crippen LogP contribution in [0.1, 0.15) is 47.1 Å². The monoisotopic (exact) mass is 497 g/mol. The molecule has 6 N–H and O–H groups in total. The van der Waals surface area contributed by atoms with E-state index in [1.165, 1.54) is 6.33 Å². The number of rotatable bonds is 10. The highest BCUT2D eigenvalue weighted by molar-refractivity contribution is 6.16. The zero-order chi connectivity index (χ0) is 26.2. The van der Waals surface area contributed by atoms with Gasteiger partial charge in [0.25, 0.3) is 0 Å². The Morgan fingerprint density at radius 3 is 2.70 bits per heavy atom. The maximum absolute atomic E-state index is 12.6. The number of nitrogens with zero attached hydrogens (tertiary/aromatic N) is 3. The van der Waals surface area contributed by atoms with Crippen LogP contribution in [0.3, 0.4) is 0 Å². The van der Waals surface area contributed by atoms with Crippen molar-refractivity contribution in [2.45, 2.75) is 44.4 Å². The molecule has 37 heavy (non-hydrogen) atoms. The van der Waals surface area contributed by atoms with Crippen molar-refractivity contribution in [2.75, 3.05) is 11.1 Å². The highest BCUT2D eigenvalue weighted by Crippen LogP contribution is 2.27. The maximum Gasteiger partial charge on any atom is 0.224 e. The van der Waals surface area contributed by atoms with Crippen molar-refractivity contribution >= 4 is 36.0 Å². The molecule has 1 heterocycles. The van der Waals surface area contributed by atoms with Crippen LogP contribution in [0, 0.1) is 5.41 Å². The lowest BCUT2D eigenvalue weighted by molar-refractivity contribution is -0.120. The van der Waals surface area contributed by atoms with Crippen molar-refractivity contribution in [3.63, 3.8) is 0 Å². The van der Waals surface area contributed by atoms with E-state index in [2.05, 4.69) is 32.3 Å². The molecule has 190 valence electrons. The lowest BCUT2D eigenvalue weighted by atomic mass is 10.0. The SMILES string of the molecule is C=N/C=C\c1ccccc1CC(=O)NCc1ccc(C(=N)c2c(N)ncnc2NC2CCC(O)C2)cc1. The van der Waals surface area contributed by atoms with Crippen LogP contribution in [0.25, 0.3) is 6.08 Å². The molecule has 1 aliphatic carbocycles. The molecule has 0 aliphatic heterocycles. The first-order valence-corrected chi connectivity index (χ1v) is 12.1. The third-order valence-electron chi connectivity index (χ3n) is 6.37. The molecule has 1 aromatic heterocycles. The molecule has 2 atom stereocenters. The fourth-order valence-corrected chi connectivity index (χ4v) is 4.40. The third-order valence-corrected chi connectivity index (χ3v) is 6.37. The molecule has 1 amide bonds. The van der Waals surface area contributed by atoms with E-state index in [4.69, 9.17) is 11.1 Å². The predicted octanol–water partition coefficient (Wildman–Crippen LogP) is 3.33. The van der Waals surface area contributed by atoms with E-state index in [1.807, 2.05) is 54.6 Å². The number of aliphatic hydroxyl groups is 1. The molecular formula is C28H31N7O2. The first-order chi connectivity index (χ1) is 17.9. The second-order valence-corrected chi connectivity index (χ2v) is 9.01. The summed E-state index contributed by atoms with van der Waals surface area (Å²) in [6, 6.07) is 15.1. The molecule has 3 aromatic rings. The molecule has 2 unspecified atom stereocenters. The van der Waals surface area contributed by atoms with Crippen LogP contribution in [-0.2, 0) is 17.8 Å². The fraction of sp³-hybridized carbons (Fsp3) is 0.250. The summed E-state index contributed by atoms with van der Waals surface area (Å²) in [4.78, 5) is 24.7.